The SMILES string of the molecule is NCc1sccc1S(=O)(=O)NCCCn1ccnc1. The van der Waals surface area contributed by atoms with Gasteiger partial charge in [0.15, 0.2) is 0 Å². The number of imidazole rings is 1. The molecule has 0 atom stereocenters. The predicted octanol–water partition coefficient (Wildman–Crippen LogP) is 0.772. The molecule has 0 aliphatic carbocycles. The molecule has 2 heterocycles. The van der Waals surface area contributed by atoms with Crippen LogP contribution in [0.25, 0.3) is 0 Å². The van der Waals surface area contributed by atoms with Crippen LogP contribution in [0.15, 0.2) is 35.1 Å². The molecular weight excluding hydrogens is 284 g/mol. The molecule has 0 radical (unpaired) electrons. The molecule has 0 aliphatic rings. The smallest absolute Gasteiger partial charge is 0.241 e. The van der Waals surface area contributed by atoms with Gasteiger partial charge in [-0.15, -0.1) is 11.3 Å². The Morgan fingerprint density at radius 3 is 3.00 bits per heavy atom. The van der Waals surface area contributed by atoms with E-state index in [9.17, 15) is 8.42 Å². The van der Waals surface area contributed by atoms with Gasteiger partial charge in [0.25, 0.3) is 0 Å². The molecule has 2 aromatic heterocycles. The van der Waals surface area contributed by atoms with Crippen molar-refractivity contribution in [3.05, 3.63) is 35.0 Å². The summed E-state index contributed by atoms with van der Waals surface area (Å²) in [7, 11) is -3.45. The van der Waals surface area contributed by atoms with Crippen LogP contribution in [0, 0.1) is 0 Å². The highest BCUT2D eigenvalue weighted by molar-refractivity contribution is 7.89. The van der Waals surface area contributed by atoms with Crippen molar-refractivity contribution in [2.75, 3.05) is 6.54 Å². The lowest BCUT2D eigenvalue weighted by Crippen LogP contribution is -2.26. The number of hydrogen-bond acceptors (Lipinski definition) is 5. The van der Waals surface area contributed by atoms with Gasteiger partial charge in [-0.3, -0.25) is 0 Å². The fourth-order valence-corrected chi connectivity index (χ4v) is 4.09. The van der Waals surface area contributed by atoms with Crippen molar-refractivity contribution in [3.63, 3.8) is 0 Å². The van der Waals surface area contributed by atoms with E-state index in [0.29, 0.717) is 22.7 Å². The van der Waals surface area contributed by atoms with Gasteiger partial charge in [0.05, 0.1) is 11.2 Å². The van der Waals surface area contributed by atoms with E-state index in [1.807, 2.05) is 10.8 Å². The highest BCUT2D eigenvalue weighted by atomic mass is 32.2. The largest absolute Gasteiger partial charge is 0.337 e. The summed E-state index contributed by atoms with van der Waals surface area (Å²) in [6.07, 6.45) is 5.96. The molecule has 19 heavy (non-hydrogen) atoms. The maximum atomic E-state index is 12.1. The Morgan fingerprint density at radius 1 is 1.47 bits per heavy atom. The molecule has 2 rings (SSSR count). The van der Waals surface area contributed by atoms with Crippen molar-refractivity contribution < 1.29 is 8.42 Å². The molecule has 3 N–H and O–H groups in total. The van der Waals surface area contributed by atoms with Gasteiger partial charge in [0, 0.05) is 36.9 Å². The Hall–Kier alpha value is -1.22. The maximum absolute atomic E-state index is 12.1. The van der Waals surface area contributed by atoms with Gasteiger partial charge in [-0.05, 0) is 17.9 Å². The van der Waals surface area contributed by atoms with Crippen LogP contribution < -0.4 is 10.5 Å². The van der Waals surface area contributed by atoms with Gasteiger partial charge < -0.3 is 10.3 Å². The average molecular weight is 300 g/mol. The summed E-state index contributed by atoms with van der Waals surface area (Å²) in [6.45, 7) is 1.36. The van der Waals surface area contributed by atoms with Gasteiger partial charge in [0.2, 0.25) is 10.0 Å². The summed E-state index contributed by atoms with van der Waals surface area (Å²) >= 11 is 1.36. The lowest BCUT2D eigenvalue weighted by Gasteiger charge is -2.07. The Kier molecular flexibility index (Phi) is 4.70. The molecular formula is C11H16N4O2S2. The third-order valence-electron chi connectivity index (χ3n) is 2.62. The first kappa shape index (κ1) is 14.2. The quantitative estimate of drug-likeness (QED) is 0.739. The highest BCUT2D eigenvalue weighted by Crippen LogP contribution is 2.20. The number of nitrogens with zero attached hydrogens (tertiary/aromatic N) is 2. The van der Waals surface area contributed by atoms with Gasteiger partial charge in [-0.1, -0.05) is 0 Å². The predicted molar refractivity (Wildman–Crippen MR) is 74.2 cm³/mol. The normalized spacial score (nSPS) is 11.8. The molecule has 0 saturated heterocycles. The van der Waals surface area contributed by atoms with E-state index in [4.69, 9.17) is 5.73 Å². The van der Waals surface area contributed by atoms with Crippen LogP contribution in [0.2, 0.25) is 0 Å². The Morgan fingerprint density at radius 2 is 2.32 bits per heavy atom. The fraction of sp³-hybridized carbons (Fsp3) is 0.364. The van der Waals surface area contributed by atoms with E-state index in [1.54, 1.807) is 24.0 Å². The van der Waals surface area contributed by atoms with E-state index in [0.717, 1.165) is 6.54 Å². The van der Waals surface area contributed by atoms with E-state index in [2.05, 4.69) is 9.71 Å². The van der Waals surface area contributed by atoms with E-state index < -0.39 is 10.0 Å². The van der Waals surface area contributed by atoms with Crippen LogP contribution in [0.5, 0.6) is 0 Å². The first-order chi connectivity index (χ1) is 9.13. The van der Waals surface area contributed by atoms with Gasteiger partial charge in [0.1, 0.15) is 0 Å². The number of nitrogens with one attached hydrogen (secondary N) is 1. The van der Waals surface area contributed by atoms with Crippen molar-refractivity contribution >= 4 is 21.4 Å². The van der Waals surface area contributed by atoms with Crippen molar-refractivity contribution in [1.29, 1.82) is 0 Å². The Labute approximate surface area is 116 Å². The fourth-order valence-electron chi connectivity index (χ4n) is 1.68. The molecule has 8 heteroatoms. The zero-order valence-corrected chi connectivity index (χ0v) is 12.0. The van der Waals surface area contributed by atoms with Gasteiger partial charge >= 0.3 is 0 Å². The Balaban J connectivity index is 1.88. The van der Waals surface area contributed by atoms with Crippen LogP contribution in [0.1, 0.15) is 11.3 Å². The van der Waals surface area contributed by atoms with E-state index >= 15 is 0 Å². The van der Waals surface area contributed by atoms with Gasteiger partial charge in [-0.2, -0.15) is 0 Å². The molecule has 0 bridgehead atoms. The third-order valence-corrected chi connectivity index (χ3v) is 5.24. The molecule has 2 aromatic rings. The number of sulfonamides is 1. The van der Waals surface area contributed by atoms with Crippen molar-refractivity contribution in [3.8, 4) is 0 Å². The standard InChI is InChI=1S/C11H16N4O2S2/c12-8-10-11(2-7-18-10)19(16,17)14-3-1-5-15-6-4-13-9-15/h2,4,6-7,9,14H,1,3,5,8,12H2. The maximum Gasteiger partial charge on any atom is 0.241 e. The summed E-state index contributed by atoms with van der Waals surface area (Å²) < 4.78 is 28.6. The summed E-state index contributed by atoms with van der Waals surface area (Å²) in [5, 5.41) is 1.74. The van der Waals surface area contributed by atoms with Crippen LogP contribution in [0.4, 0.5) is 0 Å². The topological polar surface area (TPSA) is 90.0 Å². The molecule has 0 spiro atoms. The second-order valence-corrected chi connectivity index (χ2v) is 6.70. The van der Waals surface area contributed by atoms with Crippen molar-refractivity contribution in [2.24, 2.45) is 5.73 Å². The van der Waals surface area contributed by atoms with Crippen LogP contribution in [-0.4, -0.2) is 24.5 Å². The summed E-state index contributed by atoms with van der Waals surface area (Å²) in [6, 6.07) is 1.59. The number of thiophene rings is 1. The monoisotopic (exact) mass is 300 g/mol. The number of rotatable bonds is 7. The molecule has 0 unspecified atom stereocenters. The van der Waals surface area contributed by atoms with Crippen molar-refractivity contribution in [1.82, 2.24) is 14.3 Å². The highest BCUT2D eigenvalue weighted by Gasteiger charge is 2.18. The summed E-state index contributed by atoms with van der Waals surface area (Å²) in [5.41, 5.74) is 5.52. The lowest BCUT2D eigenvalue weighted by atomic mass is 10.4. The van der Waals surface area contributed by atoms with E-state index in [-0.39, 0.29) is 6.54 Å². The minimum atomic E-state index is -3.45. The van der Waals surface area contributed by atoms with Crippen molar-refractivity contribution in [2.45, 2.75) is 24.4 Å². The number of hydrogen-bond donors (Lipinski definition) is 2. The molecule has 0 aromatic carbocycles. The number of aromatic nitrogens is 2. The molecule has 0 amide bonds. The first-order valence-corrected chi connectivity index (χ1v) is 8.21. The number of nitrogens with two attached hydrogens (primary N) is 1. The third kappa shape index (κ3) is 3.63. The van der Waals surface area contributed by atoms with E-state index in [1.165, 1.54) is 11.3 Å². The van der Waals surface area contributed by atoms with Gasteiger partial charge in [-0.25, -0.2) is 18.1 Å². The second kappa shape index (κ2) is 6.29. The lowest BCUT2D eigenvalue weighted by molar-refractivity contribution is 0.569. The summed E-state index contributed by atoms with van der Waals surface area (Å²) in [5.74, 6) is 0. The molecule has 104 valence electrons. The average Bonchev–Trinajstić information content (AvgIpc) is 3.05. The molecule has 0 saturated carbocycles. The summed E-state index contributed by atoms with van der Waals surface area (Å²) in [4.78, 5) is 4.90. The zero-order valence-electron chi connectivity index (χ0n) is 10.3. The minimum absolute atomic E-state index is 0.239. The minimum Gasteiger partial charge on any atom is -0.337 e. The number of aryl methyl sites for hydroxylation is 1. The molecule has 0 fully saturated rings. The zero-order chi connectivity index (χ0) is 13.7. The van der Waals surface area contributed by atoms with Crippen LogP contribution >= 0.6 is 11.3 Å². The Bertz CT molecular complexity index is 604. The van der Waals surface area contributed by atoms with Crippen LogP contribution in [-0.2, 0) is 23.1 Å². The van der Waals surface area contributed by atoms with Crippen LogP contribution in [0.3, 0.4) is 0 Å². The molecule has 6 nitrogen and oxygen atoms in total. The molecule has 0 aliphatic heterocycles. The first-order valence-electron chi connectivity index (χ1n) is 5.85. The second-order valence-electron chi connectivity index (χ2n) is 3.96.